The summed E-state index contributed by atoms with van der Waals surface area (Å²) in [4.78, 5) is 24.2. The largest absolute Gasteiger partial charge is 0.497 e. The number of amides is 2. The SMILES string of the molecule is COc1ccc(S(=O)(=O)N2CCC[C@@H](C(=O)NCC(=O)NC3CC3)C2)cc1. The van der Waals surface area contributed by atoms with Crippen LogP contribution in [0.5, 0.6) is 5.75 Å². The highest BCUT2D eigenvalue weighted by Gasteiger charge is 2.33. The van der Waals surface area contributed by atoms with Crippen molar-refractivity contribution in [1.29, 1.82) is 0 Å². The van der Waals surface area contributed by atoms with Crippen LogP contribution >= 0.6 is 0 Å². The maximum absolute atomic E-state index is 12.8. The number of piperidine rings is 1. The van der Waals surface area contributed by atoms with Crippen molar-refractivity contribution in [3.05, 3.63) is 24.3 Å². The summed E-state index contributed by atoms with van der Waals surface area (Å²) >= 11 is 0. The minimum absolute atomic E-state index is 0.0724. The highest BCUT2D eigenvalue weighted by molar-refractivity contribution is 7.89. The molecule has 1 atom stereocenters. The van der Waals surface area contributed by atoms with E-state index in [0.29, 0.717) is 25.1 Å². The number of ether oxygens (including phenoxy) is 1. The molecule has 1 aliphatic carbocycles. The van der Waals surface area contributed by atoms with Crippen LogP contribution in [0.25, 0.3) is 0 Å². The van der Waals surface area contributed by atoms with Crippen LogP contribution in [0.3, 0.4) is 0 Å². The van der Waals surface area contributed by atoms with Crippen LogP contribution in [-0.2, 0) is 19.6 Å². The first kappa shape index (κ1) is 19.6. The van der Waals surface area contributed by atoms with E-state index in [1.54, 1.807) is 12.1 Å². The molecule has 0 radical (unpaired) electrons. The summed E-state index contributed by atoms with van der Waals surface area (Å²) in [6.45, 7) is 0.418. The topological polar surface area (TPSA) is 105 Å². The number of hydrogen-bond acceptors (Lipinski definition) is 5. The van der Waals surface area contributed by atoms with E-state index in [1.165, 1.54) is 23.5 Å². The van der Waals surface area contributed by atoms with Gasteiger partial charge in [0.25, 0.3) is 0 Å². The number of carbonyl (C=O) groups is 2. The van der Waals surface area contributed by atoms with E-state index in [0.717, 1.165) is 12.8 Å². The lowest BCUT2D eigenvalue weighted by atomic mass is 9.99. The minimum atomic E-state index is -3.67. The molecule has 3 rings (SSSR count). The molecule has 9 heteroatoms. The summed E-state index contributed by atoms with van der Waals surface area (Å²) in [6.07, 6.45) is 3.17. The third-order valence-electron chi connectivity index (χ3n) is 4.82. The van der Waals surface area contributed by atoms with Crippen molar-refractivity contribution in [2.75, 3.05) is 26.7 Å². The van der Waals surface area contributed by atoms with Gasteiger partial charge in [0.2, 0.25) is 21.8 Å². The molecule has 0 unspecified atom stereocenters. The molecule has 1 saturated heterocycles. The Labute approximate surface area is 159 Å². The summed E-state index contributed by atoms with van der Waals surface area (Å²) in [6, 6.07) is 6.44. The van der Waals surface area contributed by atoms with Gasteiger partial charge in [0.05, 0.1) is 24.5 Å². The fraction of sp³-hybridized carbons (Fsp3) is 0.556. The van der Waals surface area contributed by atoms with E-state index in [-0.39, 0.29) is 35.8 Å². The summed E-state index contributed by atoms with van der Waals surface area (Å²) in [5.74, 6) is -0.366. The molecule has 0 bridgehead atoms. The maximum Gasteiger partial charge on any atom is 0.243 e. The zero-order chi connectivity index (χ0) is 19.4. The van der Waals surface area contributed by atoms with Gasteiger partial charge in [0, 0.05) is 19.1 Å². The smallest absolute Gasteiger partial charge is 0.243 e. The molecule has 1 aliphatic heterocycles. The van der Waals surface area contributed by atoms with Crippen molar-refractivity contribution >= 4 is 21.8 Å². The molecule has 1 aromatic carbocycles. The molecule has 27 heavy (non-hydrogen) atoms. The standard InChI is InChI=1S/C18H25N3O5S/c1-26-15-6-8-16(9-7-15)27(24,25)21-10-2-3-13(12-21)18(23)19-11-17(22)20-14-4-5-14/h6-9,13-14H,2-5,10-12H2,1H3,(H,19,23)(H,20,22)/t13-/m1/s1. The molecule has 1 aromatic rings. The van der Waals surface area contributed by atoms with Gasteiger partial charge in [0.15, 0.2) is 0 Å². The van der Waals surface area contributed by atoms with Crippen LogP contribution in [0.4, 0.5) is 0 Å². The Morgan fingerprint density at radius 1 is 1.19 bits per heavy atom. The molecule has 1 saturated carbocycles. The molecule has 148 valence electrons. The number of nitrogens with one attached hydrogen (secondary N) is 2. The van der Waals surface area contributed by atoms with Crippen LogP contribution < -0.4 is 15.4 Å². The number of sulfonamides is 1. The van der Waals surface area contributed by atoms with Gasteiger partial charge in [0.1, 0.15) is 5.75 Å². The zero-order valence-electron chi connectivity index (χ0n) is 15.3. The fourth-order valence-corrected chi connectivity index (χ4v) is 4.61. The maximum atomic E-state index is 12.8. The van der Waals surface area contributed by atoms with Crippen LogP contribution in [0.2, 0.25) is 0 Å². The molecule has 2 N–H and O–H groups in total. The Hall–Kier alpha value is -2.13. The predicted molar refractivity (Wildman–Crippen MR) is 98.7 cm³/mol. The number of rotatable bonds is 7. The first-order valence-corrected chi connectivity index (χ1v) is 10.6. The van der Waals surface area contributed by atoms with E-state index < -0.39 is 15.9 Å². The van der Waals surface area contributed by atoms with Crippen molar-refractivity contribution in [1.82, 2.24) is 14.9 Å². The quantitative estimate of drug-likeness (QED) is 0.699. The normalized spacial score (nSPS) is 20.7. The van der Waals surface area contributed by atoms with Crippen LogP contribution in [0, 0.1) is 5.92 Å². The minimum Gasteiger partial charge on any atom is -0.497 e. The zero-order valence-corrected chi connectivity index (χ0v) is 16.1. The van der Waals surface area contributed by atoms with Gasteiger partial charge in [-0.15, -0.1) is 0 Å². The second kappa shape index (κ2) is 8.26. The number of carbonyl (C=O) groups excluding carboxylic acids is 2. The van der Waals surface area contributed by atoms with Crippen LogP contribution in [0.15, 0.2) is 29.2 Å². The van der Waals surface area contributed by atoms with Gasteiger partial charge < -0.3 is 15.4 Å². The van der Waals surface area contributed by atoms with Crippen molar-refractivity contribution in [2.45, 2.75) is 36.6 Å². The average Bonchev–Trinajstić information content (AvgIpc) is 3.50. The van der Waals surface area contributed by atoms with E-state index in [2.05, 4.69) is 10.6 Å². The predicted octanol–water partition coefficient (Wildman–Crippen LogP) is 0.491. The molecule has 0 spiro atoms. The summed E-state index contributed by atoms with van der Waals surface area (Å²) in [5.41, 5.74) is 0. The molecule has 2 amide bonds. The Kier molecular flexibility index (Phi) is 6.01. The Morgan fingerprint density at radius 2 is 1.89 bits per heavy atom. The number of benzene rings is 1. The van der Waals surface area contributed by atoms with Gasteiger partial charge in [-0.3, -0.25) is 9.59 Å². The first-order valence-electron chi connectivity index (χ1n) is 9.11. The monoisotopic (exact) mass is 395 g/mol. The molecule has 0 aromatic heterocycles. The van der Waals surface area contributed by atoms with Gasteiger partial charge in [-0.2, -0.15) is 4.31 Å². The lowest BCUT2D eigenvalue weighted by Crippen LogP contribution is -2.47. The Balaban J connectivity index is 1.58. The number of hydrogen-bond donors (Lipinski definition) is 2. The lowest BCUT2D eigenvalue weighted by Gasteiger charge is -2.31. The van der Waals surface area contributed by atoms with Crippen molar-refractivity contribution in [3.63, 3.8) is 0 Å². The summed E-state index contributed by atoms with van der Waals surface area (Å²) in [5, 5.41) is 5.43. The van der Waals surface area contributed by atoms with Crippen molar-refractivity contribution in [2.24, 2.45) is 5.92 Å². The van der Waals surface area contributed by atoms with Crippen molar-refractivity contribution in [3.8, 4) is 5.75 Å². The molecular weight excluding hydrogens is 370 g/mol. The highest BCUT2D eigenvalue weighted by atomic mass is 32.2. The van der Waals surface area contributed by atoms with Gasteiger partial charge in [-0.05, 0) is 49.9 Å². The third kappa shape index (κ3) is 4.98. The molecule has 2 aliphatic rings. The first-order chi connectivity index (χ1) is 12.9. The Bertz CT molecular complexity index is 790. The third-order valence-corrected chi connectivity index (χ3v) is 6.70. The van der Waals surface area contributed by atoms with Crippen LogP contribution in [0.1, 0.15) is 25.7 Å². The van der Waals surface area contributed by atoms with E-state index in [4.69, 9.17) is 4.74 Å². The molecule has 2 fully saturated rings. The van der Waals surface area contributed by atoms with Gasteiger partial charge in [-0.25, -0.2) is 8.42 Å². The second-order valence-corrected chi connectivity index (χ2v) is 8.88. The lowest BCUT2D eigenvalue weighted by molar-refractivity contribution is -0.129. The number of nitrogens with zero attached hydrogens (tertiary/aromatic N) is 1. The molecule has 8 nitrogen and oxygen atoms in total. The van der Waals surface area contributed by atoms with Gasteiger partial charge in [-0.1, -0.05) is 0 Å². The van der Waals surface area contributed by atoms with E-state index >= 15 is 0 Å². The van der Waals surface area contributed by atoms with Crippen molar-refractivity contribution < 1.29 is 22.7 Å². The molecule has 1 heterocycles. The van der Waals surface area contributed by atoms with Crippen LogP contribution in [-0.4, -0.2) is 57.3 Å². The Morgan fingerprint density at radius 3 is 2.52 bits per heavy atom. The second-order valence-electron chi connectivity index (χ2n) is 6.94. The van der Waals surface area contributed by atoms with E-state index in [9.17, 15) is 18.0 Å². The average molecular weight is 395 g/mol. The number of methoxy groups -OCH3 is 1. The fourth-order valence-electron chi connectivity index (χ4n) is 3.09. The summed E-state index contributed by atoms with van der Waals surface area (Å²) < 4.78 is 32.1. The highest BCUT2D eigenvalue weighted by Crippen LogP contribution is 2.25. The molecular formula is C18H25N3O5S. The van der Waals surface area contributed by atoms with Gasteiger partial charge >= 0.3 is 0 Å². The van der Waals surface area contributed by atoms with E-state index in [1.807, 2.05) is 0 Å². The summed E-state index contributed by atoms with van der Waals surface area (Å²) in [7, 11) is -2.16.